The third-order valence-electron chi connectivity index (χ3n) is 6.10. The molecule has 1 aliphatic rings. The maximum atomic E-state index is 13.9. The van der Waals surface area contributed by atoms with Gasteiger partial charge in [0.1, 0.15) is 5.75 Å². The molecule has 1 aromatic heterocycles. The molecular formula is C30H23ClN2O6S. The van der Waals surface area contributed by atoms with Crippen LogP contribution in [-0.2, 0) is 14.3 Å². The number of carbonyl (C=O) groups is 2. The van der Waals surface area contributed by atoms with Crippen molar-refractivity contribution in [2.24, 2.45) is 4.99 Å². The van der Waals surface area contributed by atoms with Crippen LogP contribution in [0.2, 0.25) is 5.02 Å². The van der Waals surface area contributed by atoms with E-state index < -0.39 is 24.6 Å². The maximum absolute atomic E-state index is 13.9. The second-order valence-electron chi connectivity index (χ2n) is 8.73. The number of esters is 1. The van der Waals surface area contributed by atoms with Crippen LogP contribution >= 0.6 is 22.9 Å². The molecule has 0 spiro atoms. The number of aliphatic carboxylic acids is 1. The van der Waals surface area contributed by atoms with Crippen molar-refractivity contribution in [3.8, 4) is 5.75 Å². The molecular weight excluding hydrogens is 552 g/mol. The smallest absolute Gasteiger partial charge is 0.341 e. The van der Waals surface area contributed by atoms with Crippen LogP contribution < -0.4 is 19.6 Å². The molecule has 4 aromatic rings. The second kappa shape index (κ2) is 11.7. The number of hydrogen-bond donors (Lipinski definition) is 1. The Kier molecular flexibility index (Phi) is 7.95. The molecule has 1 atom stereocenters. The van der Waals surface area contributed by atoms with Crippen LogP contribution in [-0.4, -0.2) is 34.8 Å². The van der Waals surface area contributed by atoms with Gasteiger partial charge < -0.3 is 14.6 Å². The number of carbonyl (C=O) groups excluding carboxylic acids is 1. The van der Waals surface area contributed by atoms with Crippen LogP contribution in [0.4, 0.5) is 0 Å². The topological polar surface area (TPSA) is 107 Å². The zero-order valence-electron chi connectivity index (χ0n) is 21.2. The first-order valence-electron chi connectivity index (χ1n) is 12.3. The Balaban J connectivity index is 1.70. The molecule has 0 aliphatic carbocycles. The summed E-state index contributed by atoms with van der Waals surface area (Å²) in [4.78, 5) is 43.3. The monoisotopic (exact) mass is 574 g/mol. The lowest BCUT2D eigenvalue weighted by atomic mass is 9.93. The van der Waals surface area contributed by atoms with Crippen molar-refractivity contribution < 1.29 is 24.2 Å². The van der Waals surface area contributed by atoms with Gasteiger partial charge in [-0.25, -0.2) is 14.6 Å². The maximum Gasteiger partial charge on any atom is 0.341 e. The minimum absolute atomic E-state index is 0.161. The normalized spacial score (nSPS) is 14.8. The van der Waals surface area contributed by atoms with Gasteiger partial charge in [0.25, 0.3) is 5.56 Å². The molecule has 40 heavy (non-hydrogen) atoms. The molecule has 0 bridgehead atoms. The standard InChI is InChI=1S/C30H23ClN2O6S/c1-2-38-29(37)25-26(19-6-4-3-5-7-19)32-30-33(27(25)20-10-12-21(31)13-11-20)28(36)23(40-30)16-18-8-14-22(15-9-18)39-17-24(34)35/h3-16,27H,2,17H2,1H3,(H,34,35)/b23-16+/t27-/m0/s1. The van der Waals surface area contributed by atoms with Crippen LogP contribution in [0.5, 0.6) is 5.75 Å². The molecule has 2 heterocycles. The summed E-state index contributed by atoms with van der Waals surface area (Å²) in [6.07, 6.45) is 1.72. The number of hydrogen-bond acceptors (Lipinski definition) is 7. The number of rotatable bonds is 8. The summed E-state index contributed by atoms with van der Waals surface area (Å²) < 4.78 is 12.6. The lowest BCUT2D eigenvalue weighted by Crippen LogP contribution is -2.40. The zero-order valence-corrected chi connectivity index (χ0v) is 22.8. The summed E-state index contributed by atoms with van der Waals surface area (Å²) in [6, 6.07) is 22.2. The number of fused-ring (bicyclic) bond motifs is 1. The number of benzene rings is 3. The molecule has 1 N–H and O–H groups in total. The van der Waals surface area contributed by atoms with E-state index in [4.69, 9.17) is 31.2 Å². The van der Waals surface area contributed by atoms with Gasteiger partial charge >= 0.3 is 11.9 Å². The quantitative estimate of drug-likeness (QED) is 0.318. The molecule has 0 saturated heterocycles. The van der Waals surface area contributed by atoms with Crippen LogP contribution in [0.25, 0.3) is 11.8 Å². The molecule has 0 saturated carbocycles. The SMILES string of the molecule is CCOC(=O)C1=C(c2ccccc2)N=c2s/c(=C/c3ccc(OCC(=O)O)cc3)c(=O)n2[C@H]1c1ccc(Cl)cc1. The first kappa shape index (κ1) is 27.1. The number of ether oxygens (including phenoxy) is 2. The minimum Gasteiger partial charge on any atom is -0.482 e. The lowest BCUT2D eigenvalue weighted by molar-refractivity contribution is -0.140. The first-order valence-corrected chi connectivity index (χ1v) is 13.5. The first-order chi connectivity index (χ1) is 19.4. The molecule has 5 rings (SSSR count). The van der Waals surface area contributed by atoms with Gasteiger partial charge in [-0.05, 0) is 48.4 Å². The fourth-order valence-corrected chi connectivity index (χ4v) is 5.48. The number of thiazole rings is 1. The van der Waals surface area contributed by atoms with Crippen molar-refractivity contribution in [2.75, 3.05) is 13.2 Å². The zero-order chi connectivity index (χ0) is 28.2. The van der Waals surface area contributed by atoms with E-state index >= 15 is 0 Å². The third-order valence-corrected chi connectivity index (χ3v) is 7.33. The van der Waals surface area contributed by atoms with Gasteiger partial charge in [-0.1, -0.05) is 77.5 Å². The molecule has 202 valence electrons. The summed E-state index contributed by atoms with van der Waals surface area (Å²) in [5.41, 5.74) is 2.50. The highest BCUT2D eigenvalue weighted by Crippen LogP contribution is 2.35. The van der Waals surface area contributed by atoms with Crippen molar-refractivity contribution in [2.45, 2.75) is 13.0 Å². The van der Waals surface area contributed by atoms with Gasteiger partial charge in [0.2, 0.25) is 0 Å². The summed E-state index contributed by atoms with van der Waals surface area (Å²) in [6.45, 7) is 1.44. The number of aromatic nitrogens is 1. The predicted octanol–water partition coefficient (Wildman–Crippen LogP) is 4.05. The number of carboxylic acids is 1. The molecule has 10 heteroatoms. The Labute approximate surface area is 237 Å². The van der Waals surface area contributed by atoms with Crippen LogP contribution in [0.3, 0.4) is 0 Å². The fraction of sp³-hybridized carbons (Fsp3) is 0.133. The van der Waals surface area contributed by atoms with Crippen molar-refractivity contribution >= 4 is 46.6 Å². The van der Waals surface area contributed by atoms with E-state index in [0.29, 0.717) is 36.9 Å². The Bertz CT molecular complexity index is 1780. The predicted molar refractivity (Wildman–Crippen MR) is 152 cm³/mol. The molecule has 0 amide bonds. The van der Waals surface area contributed by atoms with E-state index in [-0.39, 0.29) is 17.7 Å². The number of carboxylic acid groups (broad SMARTS) is 1. The van der Waals surface area contributed by atoms with E-state index in [2.05, 4.69) is 0 Å². The Morgan fingerprint density at radius 1 is 1.05 bits per heavy atom. The number of nitrogens with zero attached hydrogens (tertiary/aromatic N) is 2. The van der Waals surface area contributed by atoms with Gasteiger partial charge in [0, 0.05) is 10.6 Å². The van der Waals surface area contributed by atoms with Gasteiger partial charge in [-0.15, -0.1) is 0 Å². The summed E-state index contributed by atoms with van der Waals surface area (Å²) in [7, 11) is 0. The molecule has 8 nitrogen and oxygen atoms in total. The van der Waals surface area contributed by atoms with Crippen LogP contribution in [0, 0.1) is 0 Å². The Morgan fingerprint density at radius 2 is 1.75 bits per heavy atom. The molecule has 0 radical (unpaired) electrons. The molecule has 1 aliphatic heterocycles. The van der Waals surface area contributed by atoms with E-state index in [9.17, 15) is 14.4 Å². The summed E-state index contributed by atoms with van der Waals surface area (Å²) >= 11 is 7.37. The van der Waals surface area contributed by atoms with Gasteiger partial charge in [0.05, 0.1) is 28.5 Å². The van der Waals surface area contributed by atoms with E-state index in [1.807, 2.05) is 30.3 Å². The highest BCUT2D eigenvalue weighted by atomic mass is 35.5. The fourth-order valence-electron chi connectivity index (χ4n) is 4.36. The lowest BCUT2D eigenvalue weighted by Gasteiger charge is -2.25. The summed E-state index contributed by atoms with van der Waals surface area (Å²) in [5, 5.41) is 9.34. The highest BCUT2D eigenvalue weighted by Gasteiger charge is 2.35. The van der Waals surface area contributed by atoms with Crippen molar-refractivity contribution in [1.82, 2.24) is 4.57 Å². The van der Waals surface area contributed by atoms with Gasteiger partial charge in [0.15, 0.2) is 11.4 Å². The van der Waals surface area contributed by atoms with Gasteiger partial charge in [-0.2, -0.15) is 0 Å². The van der Waals surface area contributed by atoms with Crippen molar-refractivity contribution in [1.29, 1.82) is 0 Å². The van der Waals surface area contributed by atoms with Crippen molar-refractivity contribution in [3.63, 3.8) is 0 Å². The average Bonchev–Trinajstić information content (AvgIpc) is 3.27. The van der Waals surface area contributed by atoms with Crippen LogP contribution in [0.1, 0.15) is 29.7 Å². The van der Waals surface area contributed by atoms with E-state index in [1.165, 1.54) is 15.9 Å². The average molecular weight is 575 g/mol. The van der Waals surface area contributed by atoms with E-state index in [0.717, 1.165) is 5.56 Å². The molecule has 0 fully saturated rings. The largest absolute Gasteiger partial charge is 0.482 e. The van der Waals surface area contributed by atoms with Gasteiger partial charge in [-0.3, -0.25) is 9.36 Å². The van der Waals surface area contributed by atoms with Crippen LogP contribution in [0.15, 0.2) is 94.2 Å². The Hall–Kier alpha value is -4.47. The molecule has 0 unspecified atom stereocenters. The third kappa shape index (κ3) is 5.61. The van der Waals surface area contributed by atoms with E-state index in [1.54, 1.807) is 61.5 Å². The number of halogens is 1. The van der Waals surface area contributed by atoms with Crippen molar-refractivity contribution in [3.05, 3.63) is 126 Å². The minimum atomic E-state index is -1.07. The second-order valence-corrected chi connectivity index (χ2v) is 10.2. The summed E-state index contributed by atoms with van der Waals surface area (Å²) in [5.74, 6) is -1.23. The molecule has 3 aromatic carbocycles. The highest BCUT2D eigenvalue weighted by molar-refractivity contribution is 7.07. The Morgan fingerprint density at radius 3 is 2.40 bits per heavy atom.